The SMILES string of the molecule is COc1ccc(Cn2cccc(Br)c2=O)cc1[N+](=O)[O-]. The lowest BCUT2D eigenvalue weighted by Gasteiger charge is -2.07. The molecule has 7 heteroatoms. The van der Waals surface area contributed by atoms with E-state index in [4.69, 9.17) is 4.74 Å². The van der Waals surface area contributed by atoms with Gasteiger partial charge in [-0.1, -0.05) is 6.07 Å². The molecular weight excluding hydrogens is 328 g/mol. The zero-order chi connectivity index (χ0) is 14.7. The maximum Gasteiger partial charge on any atom is 0.311 e. The number of hydrogen-bond acceptors (Lipinski definition) is 4. The number of pyridine rings is 1. The molecule has 0 aliphatic heterocycles. The van der Waals surface area contributed by atoms with E-state index in [9.17, 15) is 14.9 Å². The van der Waals surface area contributed by atoms with Crippen molar-refractivity contribution in [1.82, 2.24) is 4.57 Å². The van der Waals surface area contributed by atoms with Crippen LogP contribution in [0.2, 0.25) is 0 Å². The largest absolute Gasteiger partial charge is 0.490 e. The van der Waals surface area contributed by atoms with Crippen molar-refractivity contribution in [3.05, 3.63) is 67.0 Å². The lowest BCUT2D eigenvalue weighted by Crippen LogP contribution is -2.20. The molecule has 2 rings (SSSR count). The van der Waals surface area contributed by atoms with E-state index in [2.05, 4.69) is 15.9 Å². The highest BCUT2D eigenvalue weighted by Crippen LogP contribution is 2.27. The molecular formula is C13H11BrN2O4. The molecule has 1 aromatic carbocycles. The van der Waals surface area contributed by atoms with Gasteiger partial charge in [0.15, 0.2) is 5.75 Å². The molecule has 0 N–H and O–H groups in total. The van der Waals surface area contributed by atoms with Gasteiger partial charge in [-0.05, 0) is 39.7 Å². The highest BCUT2D eigenvalue weighted by Gasteiger charge is 2.15. The van der Waals surface area contributed by atoms with E-state index in [1.807, 2.05) is 0 Å². The lowest BCUT2D eigenvalue weighted by atomic mass is 10.2. The van der Waals surface area contributed by atoms with Gasteiger partial charge in [-0.25, -0.2) is 0 Å². The van der Waals surface area contributed by atoms with Gasteiger partial charge in [-0.15, -0.1) is 0 Å². The van der Waals surface area contributed by atoms with Crippen LogP contribution in [0, 0.1) is 10.1 Å². The summed E-state index contributed by atoms with van der Waals surface area (Å²) >= 11 is 3.16. The summed E-state index contributed by atoms with van der Waals surface area (Å²) in [7, 11) is 1.38. The van der Waals surface area contributed by atoms with Crippen LogP contribution in [0.15, 0.2) is 45.8 Å². The van der Waals surface area contributed by atoms with E-state index in [-0.39, 0.29) is 23.5 Å². The highest BCUT2D eigenvalue weighted by atomic mass is 79.9. The second kappa shape index (κ2) is 5.87. The van der Waals surface area contributed by atoms with Crippen molar-refractivity contribution < 1.29 is 9.66 Å². The summed E-state index contributed by atoms with van der Waals surface area (Å²) in [6.07, 6.45) is 1.63. The second-order valence-electron chi connectivity index (χ2n) is 4.05. The molecule has 2 aromatic rings. The minimum atomic E-state index is -0.508. The maximum absolute atomic E-state index is 11.9. The maximum atomic E-state index is 11.9. The third-order valence-corrected chi connectivity index (χ3v) is 3.37. The Hall–Kier alpha value is -2.15. The molecule has 0 radical (unpaired) electrons. The summed E-state index contributed by atoms with van der Waals surface area (Å²) in [5, 5.41) is 11.0. The fourth-order valence-corrected chi connectivity index (χ4v) is 2.19. The van der Waals surface area contributed by atoms with Crippen LogP contribution in [0.25, 0.3) is 0 Å². The van der Waals surface area contributed by atoms with E-state index in [0.717, 1.165) is 0 Å². The summed E-state index contributed by atoms with van der Waals surface area (Å²) in [6, 6.07) is 8.00. The Bertz CT molecular complexity index is 712. The van der Waals surface area contributed by atoms with Gasteiger partial charge in [0.1, 0.15) is 0 Å². The fraction of sp³-hybridized carbons (Fsp3) is 0.154. The number of nitro benzene ring substituents is 1. The van der Waals surface area contributed by atoms with E-state index in [1.54, 1.807) is 24.4 Å². The molecule has 0 atom stereocenters. The highest BCUT2D eigenvalue weighted by molar-refractivity contribution is 9.10. The van der Waals surface area contributed by atoms with Crippen molar-refractivity contribution in [3.8, 4) is 5.75 Å². The Morgan fingerprint density at radius 3 is 2.80 bits per heavy atom. The number of aromatic nitrogens is 1. The molecule has 0 bridgehead atoms. The van der Waals surface area contributed by atoms with Crippen LogP contribution in [0.4, 0.5) is 5.69 Å². The number of nitrogens with zero attached hydrogens (tertiary/aromatic N) is 2. The molecule has 0 spiro atoms. The van der Waals surface area contributed by atoms with Crippen molar-refractivity contribution in [2.24, 2.45) is 0 Å². The van der Waals surface area contributed by atoms with Gasteiger partial charge in [-0.2, -0.15) is 0 Å². The predicted molar refractivity (Wildman–Crippen MR) is 77.2 cm³/mol. The molecule has 1 aromatic heterocycles. The lowest BCUT2D eigenvalue weighted by molar-refractivity contribution is -0.385. The molecule has 0 aliphatic carbocycles. The number of rotatable bonds is 4. The van der Waals surface area contributed by atoms with E-state index in [0.29, 0.717) is 10.0 Å². The first-order chi connectivity index (χ1) is 9.52. The summed E-state index contributed by atoms with van der Waals surface area (Å²) in [6.45, 7) is 0.253. The summed E-state index contributed by atoms with van der Waals surface area (Å²) in [5.74, 6) is 0.195. The predicted octanol–water partition coefficient (Wildman–Crippen LogP) is 2.58. The van der Waals surface area contributed by atoms with Gasteiger partial charge in [0.05, 0.1) is 23.1 Å². The van der Waals surface area contributed by atoms with Crippen LogP contribution in [0.5, 0.6) is 5.75 Å². The van der Waals surface area contributed by atoms with Crippen LogP contribution < -0.4 is 10.3 Å². The molecule has 0 aliphatic rings. The van der Waals surface area contributed by atoms with Gasteiger partial charge in [-0.3, -0.25) is 14.9 Å². The minimum Gasteiger partial charge on any atom is -0.490 e. The van der Waals surface area contributed by atoms with Crippen LogP contribution in [-0.2, 0) is 6.54 Å². The number of ether oxygens (including phenoxy) is 1. The zero-order valence-electron chi connectivity index (χ0n) is 10.6. The molecule has 0 saturated heterocycles. The normalized spacial score (nSPS) is 10.3. The first kappa shape index (κ1) is 14.3. The molecule has 0 unspecified atom stereocenters. The molecule has 0 fully saturated rings. The number of halogens is 1. The molecule has 104 valence electrons. The van der Waals surface area contributed by atoms with Crippen molar-refractivity contribution in [3.63, 3.8) is 0 Å². The standard InChI is InChI=1S/C13H11BrN2O4/c1-20-12-5-4-9(7-11(12)16(18)19)8-15-6-2-3-10(14)13(15)17/h2-7H,8H2,1H3. The van der Waals surface area contributed by atoms with Crippen LogP contribution in [0.1, 0.15) is 5.56 Å². The third-order valence-electron chi connectivity index (χ3n) is 2.77. The summed E-state index contributed by atoms with van der Waals surface area (Å²) in [5.41, 5.74) is 0.344. The Morgan fingerprint density at radius 2 is 2.15 bits per heavy atom. The average Bonchev–Trinajstić information content (AvgIpc) is 2.43. The van der Waals surface area contributed by atoms with Crippen molar-refractivity contribution in [1.29, 1.82) is 0 Å². The molecule has 6 nitrogen and oxygen atoms in total. The number of methoxy groups -OCH3 is 1. The van der Waals surface area contributed by atoms with Crippen molar-refractivity contribution >= 4 is 21.6 Å². The summed E-state index contributed by atoms with van der Waals surface area (Å²) < 4.78 is 6.85. The van der Waals surface area contributed by atoms with Gasteiger partial charge >= 0.3 is 5.69 Å². The second-order valence-corrected chi connectivity index (χ2v) is 4.91. The minimum absolute atomic E-state index is 0.118. The molecule has 0 amide bonds. The van der Waals surface area contributed by atoms with Gasteiger partial charge in [0.2, 0.25) is 0 Å². The van der Waals surface area contributed by atoms with E-state index >= 15 is 0 Å². The van der Waals surface area contributed by atoms with E-state index < -0.39 is 4.92 Å². The van der Waals surface area contributed by atoms with E-state index in [1.165, 1.54) is 23.8 Å². The third kappa shape index (κ3) is 2.88. The smallest absolute Gasteiger partial charge is 0.311 e. The molecule has 0 saturated carbocycles. The summed E-state index contributed by atoms with van der Waals surface area (Å²) in [4.78, 5) is 22.3. The van der Waals surface area contributed by atoms with Crippen LogP contribution in [0.3, 0.4) is 0 Å². The van der Waals surface area contributed by atoms with Crippen molar-refractivity contribution in [2.45, 2.75) is 6.54 Å². The van der Waals surface area contributed by atoms with Gasteiger partial charge < -0.3 is 9.30 Å². The zero-order valence-corrected chi connectivity index (χ0v) is 12.2. The topological polar surface area (TPSA) is 74.4 Å². The quantitative estimate of drug-likeness (QED) is 0.634. The monoisotopic (exact) mass is 338 g/mol. The fourth-order valence-electron chi connectivity index (χ4n) is 1.81. The van der Waals surface area contributed by atoms with Crippen molar-refractivity contribution in [2.75, 3.05) is 7.11 Å². The number of hydrogen-bond donors (Lipinski definition) is 0. The number of benzene rings is 1. The van der Waals surface area contributed by atoms with Gasteiger partial charge in [0.25, 0.3) is 5.56 Å². The Balaban J connectivity index is 2.39. The average molecular weight is 339 g/mol. The Morgan fingerprint density at radius 1 is 1.40 bits per heavy atom. The van der Waals surface area contributed by atoms with Gasteiger partial charge in [0, 0.05) is 12.3 Å². The first-order valence-corrected chi connectivity index (χ1v) is 6.48. The van der Waals surface area contributed by atoms with Crippen LogP contribution in [-0.4, -0.2) is 16.6 Å². The first-order valence-electron chi connectivity index (χ1n) is 5.69. The molecule has 20 heavy (non-hydrogen) atoms. The number of nitro groups is 1. The molecule has 1 heterocycles. The van der Waals surface area contributed by atoms with Crippen LogP contribution >= 0.6 is 15.9 Å². The Labute approximate surface area is 122 Å². The Kier molecular flexibility index (Phi) is 4.19.